The van der Waals surface area contributed by atoms with Crippen molar-refractivity contribution < 1.29 is 4.39 Å². The Hall–Kier alpha value is -3.05. The average Bonchev–Trinajstić information content (AvgIpc) is 3.09. The van der Waals surface area contributed by atoms with Crippen LogP contribution in [0.4, 0.5) is 4.39 Å². The molecule has 0 amide bonds. The Labute approximate surface area is 169 Å². The lowest BCUT2D eigenvalue weighted by Gasteiger charge is -2.06. The fraction of sp³-hybridized carbons (Fsp3) is 0.0435. The molecule has 5 rings (SSSR count). The van der Waals surface area contributed by atoms with Crippen LogP contribution >= 0.6 is 15.9 Å². The van der Waals surface area contributed by atoms with Crippen LogP contribution in [0.15, 0.2) is 77.4 Å². The van der Waals surface area contributed by atoms with Crippen LogP contribution in [0.5, 0.6) is 0 Å². The molecule has 3 nitrogen and oxygen atoms in total. The van der Waals surface area contributed by atoms with Crippen LogP contribution in [0, 0.1) is 12.7 Å². The van der Waals surface area contributed by atoms with Crippen molar-refractivity contribution in [3.63, 3.8) is 0 Å². The second kappa shape index (κ2) is 6.53. The molecule has 2 aromatic heterocycles. The number of aryl methyl sites for hydroxylation is 1. The zero-order valence-electron chi connectivity index (χ0n) is 15.0. The topological polar surface area (TPSA) is 30.7 Å². The summed E-state index contributed by atoms with van der Waals surface area (Å²) >= 11 is 3.53. The van der Waals surface area contributed by atoms with Crippen molar-refractivity contribution in [1.82, 2.24) is 14.8 Å². The molecule has 5 heteroatoms. The Kier molecular flexibility index (Phi) is 3.98. The number of pyridine rings is 1. The molecule has 0 spiro atoms. The molecular weight excluding hydrogens is 417 g/mol. The Bertz CT molecular complexity index is 1340. The van der Waals surface area contributed by atoms with Gasteiger partial charge in [-0.2, -0.15) is 5.10 Å². The summed E-state index contributed by atoms with van der Waals surface area (Å²) in [4.78, 5) is 4.55. The summed E-state index contributed by atoms with van der Waals surface area (Å²) in [7, 11) is 0. The standard InChI is InChI=1S/C23H15BrFN3/c1-14-5-8-18(9-6-14)28-23-19-12-17(25)7-10-21(19)26-13-20(23)22(27-28)15-3-2-4-16(24)11-15/h2-13H,1H3. The summed E-state index contributed by atoms with van der Waals surface area (Å²) < 4.78 is 16.9. The van der Waals surface area contributed by atoms with Gasteiger partial charge in [-0.1, -0.05) is 45.8 Å². The number of hydrogen-bond donors (Lipinski definition) is 0. The van der Waals surface area contributed by atoms with Gasteiger partial charge in [-0.3, -0.25) is 4.98 Å². The van der Waals surface area contributed by atoms with Crippen LogP contribution in [0.25, 0.3) is 38.8 Å². The van der Waals surface area contributed by atoms with Crippen molar-refractivity contribution >= 4 is 37.7 Å². The second-order valence-corrected chi connectivity index (χ2v) is 7.70. The average molecular weight is 432 g/mol. The maximum atomic E-state index is 14.1. The minimum Gasteiger partial charge on any atom is -0.255 e. The minimum absolute atomic E-state index is 0.289. The number of aromatic nitrogens is 3. The van der Waals surface area contributed by atoms with Gasteiger partial charge in [0.2, 0.25) is 0 Å². The number of fused-ring (bicyclic) bond motifs is 3. The Morgan fingerprint density at radius 2 is 1.75 bits per heavy atom. The first-order chi connectivity index (χ1) is 13.6. The maximum absolute atomic E-state index is 14.1. The van der Waals surface area contributed by atoms with Crippen LogP contribution in [0.3, 0.4) is 0 Å². The molecule has 0 bridgehead atoms. The minimum atomic E-state index is -0.289. The zero-order valence-corrected chi connectivity index (χ0v) is 16.6. The van der Waals surface area contributed by atoms with Gasteiger partial charge in [-0.15, -0.1) is 0 Å². The van der Waals surface area contributed by atoms with E-state index in [2.05, 4.69) is 20.9 Å². The van der Waals surface area contributed by atoms with Crippen molar-refractivity contribution in [1.29, 1.82) is 0 Å². The fourth-order valence-electron chi connectivity index (χ4n) is 3.48. The van der Waals surface area contributed by atoms with Crippen molar-refractivity contribution in [3.8, 4) is 16.9 Å². The largest absolute Gasteiger partial charge is 0.255 e. The highest BCUT2D eigenvalue weighted by Crippen LogP contribution is 2.34. The van der Waals surface area contributed by atoms with Crippen molar-refractivity contribution in [2.45, 2.75) is 6.92 Å². The van der Waals surface area contributed by atoms with Gasteiger partial charge < -0.3 is 0 Å². The third kappa shape index (κ3) is 2.79. The number of benzene rings is 3. The van der Waals surface area contributed by atoms with E-state index in [1.54, 1.807) is 6.07 Å². The molecule has 0 atom stereocenters. The highest BCUT2D eigenvalue weighted by molar-refractivity contribution is 9.10. The van der Waals surface area contributed by atoms with Crippen molar-refractivity contribution in [2.75, 3.05) is 0 Å². The van der Waals surface area contributed by atoms with E-state index in [0.29, 0.717) is 0 Å². The summed E-state index contributed by atoms with van der Waals surface area (Å²) in [6, 6.07) is 20.8. The summed E-state index contributed by atoms with van der Waals surface area (Å²) in [5, 5.41) is 6.54. The Morgan fingerprint density at radius 1 is 0.929 bits per heavy atom. The number of hydrogen-bond acceptors (Lipinski definition) is 2. The van der Waals surface area contributed by atoms with Gasteiger partial charge in [-0.25, -0.2) is 9.07 Å². The summed E-state index contributed by atoms with van der Waals surface area (Å²) in [5.74, 6) is -0.289. The van der Waals surface area contributed by atoms with Gasteiger partial charge in [0.1, 0.15) is 11.5 Å². The van der Waals surface area contributed by atoms with Crippen LogP contribution in [0.1, 0.15) is 5.56 Å². The molecule has 0 saturated carbocycles. The van der Waals surface area contributed by atoms with E-state index in [0.717, 1.165) is 43.2 Å². The first-order valence-corrected chi connectivity index (χ1v) is 9.69. The van der Waals surface area contributed by atoms with E-state index in [1.165, 1.54) is 17.7 Å². The Balaban J connectivity index is 1.91. The quantitative estimate of drug-likeness (QED) is 0.321. The molecule has 5 aromatic rings. The predicted molar refractivity (Wildman–Crippen MR) is 114 cm³/mol. The van der Waals surface area contributed by atoms with E-state index < -0.39 is 0 Å². The highest BCUT2D eigenvalue weighted by atomic mass is 79.9. The highest BCUT2D eigenvalue weighted by Gasteiger charge is 2.17. The molecule has 0 aliphatic heterocycles. The SMILES string of the molecule is Cc1ccc(-n2nc(-c3cccc(Br)c3)c3cnc4ccc(F)cc4c32)cc1. The van der Waals surface area contributed by atoms with Crippen LogP contribution < -0.4 is 0 Å². The molecule has 0 aliphatic carbocycles. The summed E-state index contributed by atoms with van der Waals surface area (Å²) in [6.45, 7) is 2.05. The second-order valence-electron chi connectivity index (χ2n) is 6.79. The van der Waals surface area contributed by atoms with E-state index >= 15 is 0 Å². The molecule has 0 aliphatic rings. The molecular formula is C23H15BrFN3. The normalized spacial score (nSPS) is 11.4. The number of nitrogens with zero attached hydrogens (tertiary/aromatic N) is 3. The molecule has 0 radical (unpaired) electrons. The summed E-state index contributed by atoms with van der Waals surface area (Å²) in [5.41, 5.74) is 5.48. The molecule has 136 valence electrons. The van der Waals surface area contributed by atoms with Gasteiger partial charge in [-0.05, 0) is 49.4 Å². The molecule has 0 N–H and O–H groups in total. The lowest BCUT2D eigenvalue weighted by molar-refractivity contribution is 0.629. The molecule has 0 saturated heterocycles. The third-order valence-corrected chi connectivity index (χ3v) is 5.34. The predicted octanol–water partition coefficient (Wildman–Crippen LogP) is 6.45. The fourth-order valence-corrected chi connectivity index (χ4v) is 3.88. The molecule has 0 fully saturated rings. The first-order valence-electron chi connectivity index (χ1n) is 8.90. The van der Waals surface area contributed by atoms with Gasteiger partial charge >= 0.3 is 0 Å². The van der Waals surface area contributed by atoms with Gasteiger partial charge in [0.15, 0.2) is 0 Å². The third-order valence-electron chi connectivity index (χ3n) is 4.85. The van der Waals surface area contributed by atoms with E-state index in [9.17, 15) is 4.39 Å². The monoisotopic (exact) mass is 431 g/mol. The molecule has 3 aromatic carbocycles. The van der Waals surface area contributed by atoms with E-state index in [4.69, 9.17) is 5.10 Å². The van der Waals surface area contributed by atoms with Crippen LogP contribution in [-0.2, 0) is 0 Å². The Morgan fingerprint density at radius 3 is 2.54 bits per heavy atom. The summed E-state index contributed by atoms with van der Waals surface area (Å²) in [6.07, 6.45) is 1.82. The number of halogens is 2. The molecule has 2 heterocycles. The van der Waals surface area contributed by atoms with Crippen molar-refractivity contribution in [2.24, 2.45) is 0 Å². The number of rotatable bonds is 2. The van der Waals surface area contributed by atoms with Gasteiger partial charge in [0, 0.05) is 27.0 Å². The van der Waals surface area contributed by atoms with Crippen LogP contribution in [0.2, 0.25) is 0 Å². The van der Waals surface area contributed by atoms with Gasteiger partial charge in [0.05, 0.1) is 16.7 Å². The van der Waals surface area contributed by atoms with Crippen LogP contribution in [-0.4, -0.2) is 14.8 Å². The van der Waals surface area contributed by atoms with Crippen molar-refractivity contribution in [3.05, 3.63) is 88.8 Å². The van der Waals surface area contributed by atoms with E-state index in [-0.39, 0.29) is 5.82 Å². The maximum Gasteiger partial charge on any atom is 0.124 e. The lowest BCUT2D eigenvalue weighted by atomic mass is 10.1. The van der Waals surface area contributed by atoms with E-state index in [1.807, 2.05) is 66.3 Å². The smallest absolute Gasteiger partial charge is 0.124 e. The van der Waals surface area contributed by atoms with Gasteiger partial charge in [0.25, 0.3) is 0 Å². The lowest BCUT2D eigenvalue weighted by Crippen LogP contribution is -1.97. The molecule has 0 unspecified atom stereocenters. The molecule has 28 heavy (non-hydrogen) atoms. The first kappa shape index (κ1) is 17.1. The zero-order chi connectivity index (χ0) is 19.3.